The van der Waals surface area contributed by atoms with Crippen LogP contribution in [0.25, 0.3) is 0 Å². The number of nitrogens with one attached hydrogen (secondary N) is 1. The fourth-order valence-corrected chi connectivity index (χ4v) is 2.98. The first-order valence-electron chi connectivity index (χ1n) is 7.27. The van der Waals surface area contributed by atoms with Gasteiger partial charge in [-0.25, -0.2) is 0 Å². The van der Waals surface area contributed by atoms with E-state index in [9.17, 15) is 0 Å². The van der Waals surface area contributed by atoms with E-state index in [0.717, 1.165) is 38.4 Å². The topological polar surface area (TPSA) is 35.2 Å². The van der Waals surface area contributed by atoms with Gasteiger partial charge in [-0.1, -0.05) is 30.3 Å². The van der Waals surface area contributed by atoms with Crippen LogP contribution < -0.4 is 4.90 Å². The van der Waals surface area contributed by atoms with Gasteiger partial charge in [0.05, 0.1) is 17.1 Å². The molecular formula is C16H22N4. The Balaban J connectivity index is 1.60. The van der Waals surface area contributed by atoms with Gasteiger partial charge in [0.2, 0.25) is 0 Å². The van der Waals surface area contributed by atoms with Crippen LogP contribution in [0.4, 0.5) is 5.69 Å². The summed E-state index contributed by atoms with van der Waals surface area (Å²) in [5.74, 6) is 0. The molecule has 0 radical (unpaired) electrons. The summed E-state index contributed by atoms with van der Waals surface area (Å²) in [5.41, 5.74) is 4.99. The molecule has 0 aliphatic carbocycles. The van der Waals surface area contributed by atoms with Gasteiger partial charge in [0.1, 0.15) is 0 Å². The number of aromatic nitrogens is 2. The van der Waals surface area contributed by atoms with E-state index in [-0.39, 0.29) is 0 Å². The van der Waals surface area contributed by atoms with Gasteiger partial charge in [-0.15, -0.1) is 0 Å². The highest BCUT2D eigenvalue weighted by atomic mass is 15.3. The molecule has 20 heavy (non-hydrogen) atoms. The van der Waals surface area contributed by atoms with E-state index in [1.807, 2.05) is 0 Å². The van der Waals surface area contributed by atoms with Crippen molar-refractivity contribution in [1.82, 2.24) is 15.1 Å². The zero-order valence-electron chi connectivity index (χ0n) is 12.3. The second-order valence-electron chi connectivity index (χ2n) is 5.53. The molecule has 0 amide bonds. The fourth-order valence-electron chi connectivity index (χ4n) is 2.98. The van der Waals surface area contributed by atoms with Crippen molar-refractivity contribution in [3.05, 3.63) is 47.3 Å². The molecule has 106 valence electrons. The van der Waals surface area contributed by atoms with Crippen LogP contribution in [0.3, 0.4) is 0 Å². The van der Waals surface area contributed by atoms with Crippen LogP contribution in [0.2, 0.25) is 0 Å². The summed E-state index contributed by atoms with van der Waals surface area (Å²) >= 11 is 0. The molecule has 0 spiro atoms. The first kappa shape index (κ1) is 13.2. The largest absolute Gasteiger partial charge is 0.366 e. The second-order valence-corrected chi connectivity index (χ2v) is 5.53. The lowest BCUT2D eigenvalue weighted by atomic mass is 10.2. The van der Waals surface area contributed by atoms with Crippen molar-refractivity contribution in [2.24, 2.45) is 0 Å². The van der Waals surface area contributed by atoms with Gasteiger partial charge in [-0.3, -0.25) is 10.00 Å². The molecule has 1 saturated heterocycles. The number of anilines is 1. The zero-order valence-corrected chi connectivity index (χ0v) is 12.3. The molecule has 4 heteroatoms. The van der Waals surface area contributed by atoms with E-state index in [0.29, 0.717) is 0 Å². The van der Waals surface area contributed by atoms with Crippen molar-refractivity contribution in [1.29, 1.82) is 0 Å². The van der Waals surface area contributed by atoms with Crippen LogP contribution in [0.1, 0.15) is 17.0 Å². The smallest absolute Gasteiger partial charge is 0.0827 e. The molecule has 1 aliphatic heterocycles. The Morgan fingerprint density at radius 1 is 1.05 bits per heavy atom. The van der Waals surface area contributed by atoms with Crippen molar-refractivity contribution in [2.75, 3.05) is 31.1 Å². The third kappa shape index (κ3) is 2.70. The van der Waals surface area contributed by atoms with Crippen molar-refractivity contribution in [2.45, 2.75) is 20.4 Å². The SMILES string of the molecule is Cc1n[nH]c(C)c1N1CCN(Cc2ccccc2)CC1. The van der Waals surface area contributed by atoms with Crippen molar-refractivity contribution in [3.63, 3.8) is 0 Å². The number of piperazine rings is 1. The molecular weight excluding hydrogens is 248 g/mol. The Morgan fingerprint density at radius 2 is 1.75 bits per heavy atom. The van der Waals surface area contributed by atoms with Crippen molar-refractivity contribution in [3.8, 4) is 0 Å². The minimum Gasteiger partial charge on any atom is -0.366 e. The van der Waals surface area contributed by atoms with Crippen molar-refractivity contribution >= 4 is 5.69 Å². The number of rotatable bonds is 3. The number of H-pyrrole nitrogens is 1. The lowest BCUT2D eigenvalue weighted by Crippen LogP contribution is -2.46. The summed E-state index contributed by atoms with van der Waals surface area (Å²) in [6.45, 7) is 9.61. The molecule has 4 nitrogen and oxygen atoms in total. The number of nitrogens with zero attached hydrogens (tertiary/aromatic N) is 3. The molecule has 1 aliphatic rings. The van der Waals surface area contributed by atoms with Gasteiger partial charge >= 0.3 is 0 Å². The van der Waals surface area contributed by atoms with Gasteiger partial charge < -0.3 is 4.90 Å². The van der Waals surface area contributed by atoms with E-state index in [2.05, 4.69) is 64.2 Å². The lowest BCUT2D eigenvalue weighted by Gasteiger charge is -2.36. The Morgan fingerprint density at radius 3 is 2.35 bits per heavy atom. The summed E-state index contributed by atoms with van der Waals surface area (Å²) < 4.78 is 0. The second kappa shape index (κ2) is 5.67. The third-order valence-corrected chi connectivity index (χ3v) is 4.03. The van der Waals surface area contributed by atoms with Crippen LogP contribution in [-0.4, -0.2) is 41.3 Å². The summed E-state index contributed by atoms with van der Waals surface area (Å²) in [6, 6.07) is 10.7. The molecule has 0 atom stereocenters. The predicted octanol–water partition coefficient (Wildman–Crippen LogP) is 2.35. The molecule has 3 rings (SSSR count). The number of aromatic amines is 1. The number of hydrogen-bond donors (Lipinski definition) is 1. The molecule has 1 N–H and O–H groups in total. The summed E-state index contributed by atoms with van der Waals surface area (Å²) in [5, 5.41) is 7.38. The van der Waals surface area contributed by atoms with E-state index in [1.165, 1.54) is 16.9 Å². The van der Waals surface area contributed by atoms with E-state index in [1.54, 1.807) is 0 Å². The van der Waals surface area contributed by atoms with Crippen LogP contribution in [0.5, 0.6) is 0 Å². The Kier molecular flexibility index (Phi) is 3.74. The number of aryl methyl sites for hydroxylation is 2. The summed E-state index contributed by atoms with van der Waals surface area (Å²) in [7, 11) is 0. The maximum atomic E-state index is 4.30. The summed E-state index contributed by atoms with van der Waals surface area (Å²) in [4.78, 5) is 4.98. The van der Waals surface area contributed by atoms with Gasteiger partial charge in [0.15, 0.2) is 0 Å². The monoisotopic (exact) mass is 270 g/mol. The lowest BCUT2D eigenvalue weighted by molar-refractivity contribution is 0.249. The Labute approximate surface area is 120 Å². The van der Waals surface area contributed by atoms with Gasteiger partial charge in [-0.2, -0.15) is 5.10 Å². The molecule has 2 heterocycles. The maximum Gasteiger partial charge on any atom is 0.0827 e. The maximum absolute atomic E-state index is 4.30. The van der Waals surface area contributed by atoms with Crippen molar-refractivity contribution < 1.29 is 0 Å². The van der Waals surface area contributed by atoms with E-state index < -0.39 is 0 Å². The molecule has 1 fully saturated rings. The molecule has 0 bridgehead atoms. The quantitative estimate of drug-likeness (QED) is 0.930. The molecule has 0 saturated carbocycles. The fraction of sp³-hybridized carbons (Fsp3) is 0.438. The predicted molar refractivity (Wildman–Crippen MR) is 82.0 cm³/mol. The molecule has 1 aromatic heterocycles. The standard InChI is InChI=1S/C16H22N4/c1-13-16(14(2)18-17-13)20-10-8-19(9-11-20)12-15-6-4-3-5-7-15/h3-7H,8-12H2,1-2H3,(H,17,18). The minimum absolute atomic E-state index is 1.05. The average Bonchev–Trinajstić information content (AvgIpc) is 2.81. The average molecular weight is 270 g/mol. The van der Waals surface area contributed by atoms with Crippen LogP contribution in [-0.2, 0) is 6.54 Å². The first-order valence-corrected chi connectivity index (χ1v) is 7.27. The normalized spacial score (nSPS) is 16.6. The van der Waals surface area contributed by atoms with E-state index >= 15 is 0 Å². The van der Waals surface area contributed by atoms with Gasteiger partial charge in [0, 0.05) is 32.7 Å². The molecule has 0 unspecified atom stereocenters. The minimum atomic E-state index is 1.05. The Hall–Kier alpha value is -1.81. The molecule has 1 aromatic carbocycles. The highest BCUT2D eigenvalue weighted by Gasteiger charge is 2.21. The number of hydrogen-bond acceptors (Lipinski definition) is 3. The van der Waals surface area contributed by atoms with E-state index in [4.69, 9.17) is 0 Å². The van der Waals surface area contributed by atoms with Crippen LogP contribution >= 0.6 is 0 Å². The molecule has 2 aromatic rings. The van der Waals surface area contributed by atoms with Gasteiger partial charge in [0.25, 0.3) is 0 Å². The Bertz CT molecular complexity index is 534. The van der Waals surface area contributed by atoms with Gasteiger partial charge in [-0.05, 0) is 19.4 Å². The zero-order chi connectivity index (χ0) is 13.9. The summed E-state index contributed by atoms with van der Waals surface area (Å²) in [6.07, 6.45) is 0. The highest BCUT2D eigenvalue weighted by molar-refractivity contribution is 5.54. The number of benzene rings is 1. The first-order chi connectivity index (χ1) is 9.74. The van der Waals surface area contributed by atoms with Crippen LogP contribution in [0.15, 0.2) is 30.3 Å². The van der Waals surface area contributed by atoms with Crippen LogP contribution in [0, 0.1) is 13.8 Å². The third-order valence-electron chi connectivity index (χ3n) is 4.03. The highest BCUT2D eigenvalue weighted by Crippen LogP contribution is 2.23.